The highest BCUT2D eigenvalue weighted by molar-refractivity contribution is 5.40. The van der Waals surface area contributed by atoms with Gasteiger partial charge in [-0.3, -0.25) is 0 Å². The minimum Gasteiger partial charge on any atom is -0.377 e. The maximum atomic E-state index is 5.72. The Morgan fingerprint density at radius 1 is 1.18 bits per heavy atom. The summed E-state index contributed by atoms with van der Waals surface area (Å²) in [5, 5.41) is 3.57. The van der Waals surface area contributed by atoms with Gasteiger partial charge in [0, 0.05) is 25.6 Å². The summed E-state index contributed by atoms with van der Waals surface area (Å²) in [4.78, 5) is 0. The van der Waals surface area contributed by atoms with Crippen molar-refractivity contribution in [2.24, 2.45) is 0 Å². The summed E-state index contributed by atoms with van der Waals surface area (Å²) in [6.07, 6.45) is 5.51. The van der Waals surface area contributed by atoms with E-state index in [2.05, 4.69) is 29.6 Å². The zero-order valence-corrected chi connectivity index (χ0v) is 10.3. The van der Waals surface area contributed by atoms with Gasteiger partial charge in [-0.15, -0.1) is 0 Å². The lowest BCUT2D eigenvalue weighted by Crippen LogP contribution is -2.36. The lowest BCUT2D eigenvalue weighted by Gasteiger charge is -2.31. The summed E-state index contributed by atoms with van der Waals surface area (Å²) in [6.45, 7) is 3.09. The fraction of sp³-hybridized carbons (Fsp3) is 0.600. The Labute approximate surface area is 103 Å². The maximum Gasteiger partial charge on any atom is 0.0699 e. The van der Waals surface area contributed by atoms with Crippen LogP contribution in [0.1, 0.15) is 36.3 Å². The summed E-state index contributed by atoms with van der Waals surface area (Å²) < 4.78 is 5.72. The van der Waals surface area contributed by atoms with E-state index in [4.69, 9.17) is 4.74 Å². The van der Waals surface area contributed by atoms with Crippen LogP contribution in [0.15, 0.2) is 24.3 Å². The van der Waals surface area contributed by atoms with E-state index in [0.29, 0.717) is 6.10 Å². The van der Waals surface area contributed by atoms with E-state index in [9.17, 15) is 0 Å². The predicted octanol–water partition coefficient (Wildman–Crippen LogP) is 2.49. The molecule has 0 saturated carbocycles. The Morgan fingerprint density at radius 3 is 2.94 bits per heavy atom. The van der Waals surface area contributed by atoms with Gasteiger partial charge in [-0.2, -0.15) is 0 Å². The molecule has 2 nitrogen and oxygen atoms in total. The summed E-state index contributed by atoms with van der Waals surface area (Å²) in [5.74, 6) is 0.731. The number of fused-ring (bicyclic) bond motifs is 1. The van der Waals surface area contributed by atoms with Gasteiger partial charge in [0.1, 0.15) is 0 Å². The van der Waals surface area contributed by atoms with Crippen molar-refractivity contribution in [3.63, 3.8) is 0 Å². The summed E-state index contributed by atoms with van der Waals surface area (Å²) in [7, 11) is 0. The molecule has 2 unspecified atom stereocenters. The zero-order chi connectivity index (χ0) is 11.5. The first kappa shape index (κ1) is 11.2. The van der Waals surface area contributed by atoms with Crippen LogP contribution >= 0.6 is 0 Å². The van der Waals surface area contributed by atoms with Crippen molar-refractivity contribution in [1.82, 2.24) is 5.32 Å². The van der Waals surface area contributed by atoms with Crippen LogP contribution in [0, 0.1) is 0 Å². The molecule has 1 N–H and O–H groups in total. The van der Waals surface area contributed by atoms with Crippen LogP contribution in [-0.2, 0) is 11.2 Å². The molecule has 1 aromatic rings. The smallest absolute Gasteiger partial charge is 0.0699 e. The number of hydrogen-bond donors (Lipinski definition) is 1. The van der Waals surface area contributed by atoms with Crippen molar-refractivity contribution in [2.75, 3.05) is 19.7 Å². The zero-order valence-electron chi connectivity index (χ0n) is 10.3. The van der Waals surface area contributed by atoms with Crippen LogP contribution in [0.3, 0.4) is 0 Å². The number of hydrogen-bond acceptors (Lipinski definition) is 2. The van der Waals surface area contributed by atoms with Gasteiger partial charge >= 0.3 is 0 Å². The molecule has 92 valence electrons. The molecule has 2 aliphatic rings. The third kappa shape index (κ3) is 2.53. The van der Waals surface area contributed by atoms with E-state index in [1.54, 1.807) is 5.56 Å². The van der Waals surface area contributed by atoms with Crippen LogP contribution in [0.5, 0.6) is 0 Å². The maximum absolute atomic E-state index is 5.72. The molecule has 3 rings (SSSR count). The summed E-state index contributed by atoms with van der Waals surface area (Å²) in [5.41, 5.74) is 3.08. The van der Waals surface area contributed by atoms with Crippen molar-refractivity contribution in [3.8, 4) is 0 Å². The van der Waals surface area contributed by atoms with Gasteiger partial charge in [0.2, 0.25) is 0 Å². The molecular formula is C15H21NO. The number of nitrogens with one attached hydrogen (secondary N) is 1. The molecule has 1 saturated heterocycles. The van der Waals surface area contributed by atoms with Gasteiger partial charge in [-0.05, 0) is 36.8 Å². The third-order valence-electron chi connectivity index (χ3n) is 4.00. The first-order valence-electron chi connectivity index (χ1n) is 6.83. The van der Waals surface area contributed by atoms with Crippen LogP contribution in [0.25, 0.3) is 0 Å². The summed E-state index contributed by atoms with van der Waals surface area (Å²) >= 11 is 0. The standard InChI is InChI=1S/C15H21NO/c1-2-7-15-12(5-1)9-13(15)10-16-11-14-6-3-4-8-17-14/h1-2,5,7,13-14,16H,3-4,6,8-11H2. The van der Waals surface area contributed by atoms with E-state index in [0.717, 1.165) is 25.6 Å². The molecule has 1 fully saturated rings. The molecule has 1 aromatic carbocycles. The Balaban J connectivity index is 1.41. The average molecular weight is 231 g/mol. The number of ether oxygens (including phenoxy) is 1. The Morgan fingerprint density at radius 2 is 2.12 bits per heavy atom. The first-order chi connectivity index (χ1) is 8.43. The second-order valence-corrected chi connectivity index (χ2v) is 5.25. The highest BCUT2D eigenvalue weighted by Gasteiger charge is 2.25. The molecule has 0 radical (unpaired) electrons. The Kier molecular flexibility index (Phi) is 3.44. The van der Waals surface area contributed by atoms with Gasteiger partial charge in [-0.25, -0.2) is 0 Å². The van der Waals surface area contributed by atoms with Crippen LogP contribution < -0.4 is 5.32 Å². The molecule has 0 spiro atoms. The van der Waals surface area contributed by atoms with Crippen LogP contribution in [0.2, 0.25) is 0 Å². The second kappa shape index (κ2) is 5.19. The minimum atomic E-state index is 0.457. The Bertz CT molecular complexity index is 371. The highest BCUT2D eigenvalue weighted by Crippen LogP contribution is 2.33. The van der Waals surface area contributed by atoms with Crippen LogP contribution in [0.4, 0.5) is 0 Å². The summed E-state index contributed by atoms with van der Waals surface area (Å²) in [6, 6.07) is 8.80. The SMILES string of the molecule is c1ccc2c(c1)CC2CNCC1CCCCO1. The van der Waals surface area contributed by atoms with Crippen molar-refractivity contribution >= 4 is 0 Å². The Hall–Kier alpha value is -0.860. The monoisotopic (exact) mass is 231 g/mol. The van der Waals surface area contributed by atoms with Crippen molar-refractivity contribution < 1.29 is 4.74 Å². The van der Waals surface area contributed by atoms with E-state index < -0.39 is 0 Å². The third-order valence-corrected chi connectivity index (χ3v) is 4.00. The largest absolute Gasteiger partial charge is 0.377 e. The van der Waals surface area contributed by atoms with Gasteiger partial charge in [0.15, 0.2) is 0 Å². The molecule has 2 atom stereocenters. The molecule has 0 bridgehead atoms. The van der Waals surface area contributed by atoms with Gasteiger partial charge in [0.05, 0.1) is 6.10 Å². The molecule has 2 heteroatoms. The van der Waals surface area contributed by atoms with E-state index in [1.807, 2.05) is 0 Å². The minimum absolute atomic E-state index is 0.457. The fourth-order valence-corrected chi connectivity index (χ4v) is 2.93. The van der Waals surface area contributed by atoms with Crippen LogP contribution in [-0.4, -0.2) is 25.8 Å². The number of benzene rings is 1. The number of rotatable bonds is 4. The van der Waals surface area contributed by atoms with Gasteiger partial charge < -0.3 is 10.1 Å². The normalized spacial score (nSPS) is 27.3. The molecule has 1 aliphatic heterocycles. The topological polar surface area (TPSA) is 21.3 Å². The average Bonchev–Trinajstić information content (AvgIpc) is 2.36. The van der Waals surface area contributed by atoms with Crippen molar-refractivity contribution in [2.45, 2.75) is 37.7 Å². The molecule has 1 heterocycles. The van der Waals surface area contributed by atoms with Gasteiger partial charge in [-0.1, -0.05) is 24.3 Å². The molecule has 0 amide bonds. The predicted molar refractivity (Wildman–Crippen MR) is 69.3 cm³/mol. The second-order valence-electron chi connectivity index (χ2n) is 5.25. The molecule has 1 aliphatic carbocycles. The molecular weight excluding hydrogens is 210 g/mol. The first-order valence-corrected chi connectivity index (χ1v) is 6.83. The van der Waals surface area contributed by atoms with Gasteiger partial charge in [0.25, 0.3) is 0 Å². The van der Waals surface area contributed by atoms with E-state index >= 15 is 0 Å². The lowest BCUT2D eigenvalue weighted by molar-refractivity contribution is 0.0168. The fourth-order valence-electron chi connectivity index (χ4n) is 2.93. The molecule has 17 heavy (non-hydrogen) atoms. The lowest BCUT2D eigenvalue weighted by atomic mass is 9.77. The molecule has 0 aromatic heterocycles. The van der Waals surface area contributed by atoms with Crippen molar-refractivity contribution in [3.05, 3.63) is 35.4 Å². The van der Waals surface area contributed by atoms with E-state index in [-0.39, 0.29) is 0 Å². The highest BCUT2D eigenvalue weighted by atomic mass is 16.5. The quantitative estimate of drug-likeness (QED) is 0.859. The van der Waals surface area contributed by atoms with E-state index in [1.165, 1.54) is 31.2 Å². The van der Waals surface area contributed by atoms with Crippen molar-refractivity contribution in [1.29, 1.82) is 0 Å².